The van der Waals surface area contributed by atoms with Gasteiger partial charge in [-0.1, -0.05) is 48.9 Å². The van der Waals surface area contributed by atoms with Crippen molar-refractivity contribution >= 4 is 29.6 Å². The van der Waals surface area contributed by atoms with Crippen LogP contribution in [0.3, 0.4) is 0 Å². The molecule has 2 saturated carbocycles. The van der Waals surface area contributed by atoms with Crippen molar-refractivity contribution in [2.45, 2.75) is 248 Å². The van der Waals surface area contributed by atoms with Crippen LogP contribution in [0.2, 0.25) is 0 Å². The van der Waals surface area contributed by atoms with E-state index in [9.17, 15) is 29.4 Å². The van der Waals surface area contributed by atoms with Crippen LogP contribution in [0.25, 0.3) is 6.08 Å². The molecule has 0 amide bonds. The molecule has 4 saturated heterocycles. The number of allylic oxidation sites excluding steroid dienone is 1. The summed E-state index contributed by atoms with van der Waals surface area (Å²) >= 11 is 0. The maximum Gasteiger partial charge on any atom is 0.331 e. The topological polar surface area (TPSA) is 238 Å². The van der Waals surface area contributed by atoms with Gasteiger partial charge in [0, 0.05) is 85.9 Å². The number of hydrogen-bond acceptors (Lipinski definition) is 20. The minimum Gasteiger partial charge on any atom is -0.460 e. The largest absolute Gasteiger partial charge is 0.460 e. The zero-order chi connectivity index (χ0) is 57.8. The van der Waals surface area contributed by atoms with Crippen molar-refractivity contribution in [3.8, 4) is 0 Å². The number of ether oxygens (including phenoxy) is 14. The normalized spacial score (nSPS) is 42.4. The van der Waals surface area contributed by atoms with Crippen molar-refractivity contribution in [1.29, 1.82) is 0 Å². The summed E-state index contributed by atoms with van der Waals surface area (Å²) in [4.78, 5) is 54.3. The van der Waals surface area contributed by atoms with Crippen LogP contribution in [-0.4, -0.2) is 184 Å². The van der Waals surface area contributed by atoms with Gasteiger partial charge in [0.2, 0.25) is 0 Å². The molecule has 1 unspecified atom stereocenters. The smallest absolute Gasteiger partial charge is 0.331 e. The highest BCUT2D eigenvalue weighted by molar-refractivity contribution is 5.92. The SMILES string of the molecule is CO[C@H]1C[C@H](O[C@H]2[C@@H](OC)C[C@H](O[C@H]3CC[C@@]4(C)C(=CCC(=O)[C@@H]4C[C@@H](OC(=O)/C=C/c4ccccc4)[C@@]4(C)C(=O)CC[C@@]4(O)C(C)OC(C)=O)C3)O[C@@H]2C)O[C@@H](C)[C@H]1O[C@H]1C[C@H](OC)[C@H](O[C@H]2C[C@@H](OC)[C@@H](O)[C@H](C)O2)[C@@H](C)O1. The molecule has 23 atom stereocenters. The zero-order valence-corrected chi connectivity index (χ0v) is 48.7. The molecule has 20 heteroatoms. The molecule has 1 aromatic rings. The summed E-state index contributed by atoms with van der Waals surface area (Å²) in [5.41, 5.74) is -2.52. The van der Waals surface area contributed by atoms with Gasteiger partial charge in [-0.3, -0.25) is 14.4 Å². The number of esters is 2. The van der Waals surface area contributed by atoms with Gasteiger partial charge in [-0.2, -0.15) is 0 Å². The van der Waals surface area contributed by atoms with Crippen LogP contribution in [0.1, 0.15) is 132 Å². The number of ketones is 2. The van der Waals surface area contributed by atoms with Crippen LogP contribution in [0.4, 0.5) is 0 Å². The van der Waals surface area contributed by atoms with Gasteiger partial charge >= 0.3 is 11.9 Å². The molecular weight excluding hydrogens is 1040 g/mol. The van der Waals surface area contributed by atoms with Crippen molar-refractivity contribution in [1.82, 2.24) is 0 Å². The summed E-state index contributed by atoms with van der Waals surface area (Å²) in [5.74, 6) is -2.45. The van der Waals surface area contributed by atoms with Gasteiger partial charge in [0.05, 0.1) is 60.4 Å². The van der Waals surface area contributed by atoms with E-state index in [0.29, 0.717) is 44.9 Å². The number of fused-ring (bicyclic) bond motifs is 1. The van der Waals surface area contributed by atoms with Crippen LogP contribution < -0.4 is 0 Å². The van der Waals surface area contributed by atoms with E-state index in [4.69, 9.17) is 66.3 Å². The first-order valence-electron chi connectivity index (χ1n) is 28.7. The Morgan fingerprint density at radius 3 is 1.73 bits per heavy atom. The van der Waals surface area contributed by atoms with Gasteiger partial charge in [-0.25, -0.2) is 4.79 Å². The first-order valence-corrected chi connectivity index (χ1v) is 28.7. The van der Waals surface area contributed by atoms with Crippen LogP contribution >= 0.6 is 0 Å². The lowest BCUT2D eigenvalue weighted by Gasteiger charge is -2.51. The van der Waals surface area contributed by atoms with E-state index in [1.54, 1.807) is 48.4 Å². The number of carbonyl (C=O) groups excluding carboxylic acids is 4. The molecular formula is C60H88O20. The van der Waals surface area contributed by atoms with Crippen molar-refractivity contribution < 1.29 is 95.7 Å². The molecule has 7 aliphatic rings. The fourth-order valence-electron chi connectivity index (χ4n) is 13.8. The van der Waals surface area contributed by atoms with Crippen LogP contribution in [0, 0.1) is 16.7 Å². The molecule has 448 valence electrons. The molecule has 0 bridgehead atoms. The fraction of sp³-hybridized carbons (Fsp3) is 0.767. The highest BCUT2D eigenvalue weighted by Crippen LogP contribution is 2.56. The van der Waals surface area contributed by atoms with Crippen molar-refractivity contribution in [2.75, 3.05) is 28.4 Å². The number of Topliss-reactive ketones (excluding diaryl/α,β-unsaturated/α-hetero) is 2. The van der Waals surface area contributed by atoms with Gasteiger partial charge in [0.25, 0.3) is 0 Å². The molecule has 20 nitrogen and oxygen atoms in total. The number of carbonyl (C=O) groups is 4. The fourth-order valence-corrected chi connectivity index (χ4v) is 13.8. The Kier molecular flexibility index (Phi) is 20.7. The Morgan fingerprint density at radius 2 is 1.21 bits per heavy atom. The van der Waals surface area contributed by atoms with Crippen LogP contribution in [0.15, 0.2) is 48.1 Å². The molecule has 4 heterocycles. The second kappa shape index (κ2) is 26.6. The number of rotatable bonds is 20. The lowest BCUT2D eigenvalue weighted by atomic mass is 9.56. The molecule has 8 rings (SSSR count). The average molecular weight is 1130 g/mol. The summed E-state index contributed by atoms with van der Waals surface area (Å²) in [6.45, 7) is 13.9. The lowest BCUT2D eigenvalue weighted by molar-refractivity contribution is -0.347. The first kappa shape index (κ1) is 62.5. The minimum atomic E-state index is -1.89. The highest BCUT2D eigenvalue weighted by atomic mass is 16.8. The third kappa shape index (κ3) is 13.3. The number of methoxy groups -OCH3 is 4. The summed E-state index contributed by atoms with van der Waals surface area (Å²) in [7, 11) is 6.46. The Hall–Kier alpha value is -3.58. The van der Waals surface area contributed by atoms with Crippen molar-refractivity contribution in [3.63, 3.8) is 0 Å². The highest BCUT2D eigenvalue weighted by Gasteiger charge is 2.66. The Bertz CT molecular complexity index is 2330. The minimum absolute atomic E-state index is 0.0189. The summed E-state index contributed by atoms with van der Waals surface area (Å²) in [6.07, 6.45) is -2.94. The lowest BCUT2D eigenvalue weighted by Crippen LogP contribution is -2.61. The first-order chi connectivity index (χ1) is 38.0. The molecule has 80 heavy (non-hydrogen) atoms. The molecule has 3 aliphatic carbocycles. The maximum atomic E-state index is 14.2. The van der Waals surface area contributed by atoms with E-state index in [1.807, 2.05) is 64.1 Å². The second-order valence-corrected chi connectivity index (χ2v) is 23.5. The second-order valence-electron chi connectivity index (χ2n) is 23.5. The van der Waals surface area contributed by atoms with Gasteiger partial charge in [-0.15, -0.1) is 0 Å². The van der Waals surface area contributed by atoms with E-state index in [-0.39, 0.29) is 49.5 Å². The van der Waals surface area contributed by atoms with Crippen LogP contribution in [0.5, 0.6) is 0 Å². The van der Waals surface area contributed by atoms with Gasteiger partial charge in [0.1, 0.15) is 53.8 Å². The summed E-state index contributed by atoms with van der Waals surface area (Å²) < 4.78 is 87.1. The molecule has 2 N–H and O–H groups in total. The van der Waals surface area contributed by atoms with E-state index < -0.39 is 139 Å². The predicted molar refractivity (Wildman–Crippen MR) is 286 cm³/mol. The maximum absolute atomic E-state index is 14.2. The zero-order valence-electron chi connectivity index (χ0n) is 48.7. The van der Waals surface area contributed by atoms with E-state index in [0.717, 1.165) is 11.1 Å². The number of benzene rings is 1. The van der Waals surface area contributed by atoms with Crippen molar-refractivity contribution in [3.05, 3.63) is 53.6 Å². The Balaban J connectivity index is 0.874. The molecule has 0 spiro atoms. The van der Waals surface area contributed by atoms with Crippen molar-refractivity contribution in [2.24, 2.45) is 16.7 Å². The van der Waals surface area contributed by atoms with E-state index in [1.165, 1.54) is 19.9 Å². The summed E-state index contributed by atoms with van der Waals surface area (Å²) in [6, 6.07) is 9.20. The molecule has 0 aromatic heterocycles. The molecule has 0 radical (unpaired) electrons. The molecule has 4 aliphatic heterocycles. The van der Waals surface area contributed by atoms with E-state index >= 15 is 0 Å². The van der Waals surface area contributed by atoms with Gasteiger partial charge in [-0.05, 0) is 90.7 Å². The average Bonchev–Trinajstić information content (AvgIpc) is 3.74. The monoisotopic (exact) mass is 1130 g/mol. The molecule has 1 aromatic carbocycles. The van der Waals surface area contributed by atoms with Gasteiger partial charge in [0.15, 0.2) is 25.2 Å². The third-order valence-corrected chi connectivity index (χ3v) is 18.7. The third-order valence-electron chi connectivity index (χ3n) is 18.7. The Labute approximate surface area is 471 Å². The molecule has 6 fully saturated rings. The standard InChI is InChI=1S/C60H88O20/c1-32-54(65)43(67-9)28-51(71-32)78-56-34(3)73-53(30-45(56)69-11)80-57-35(4)74-52(31-46(57)70-12)79-55-33(2)72-50(29-44(55)68-10)76-40-22-24-58(7)39(26-40)19-20-42(62)41(58)27-48(77-49(64)21-18-38-16-14-13-15-17-38)59(8)47(63)23-25-60(59,66)36(5)75-37(6)61/h13-19,21,32-36,40-41,43-46,48,50-57,65-66H,20,22-31H2,1-12H3/b21-18+/t32-,33+,34+,35-,36?,40-,41-,43+,44-,45-,46-,48+,50-,51-,52-,53-,54-,55+,56+,57+,58-,59+,60+/m0/s1. The predicted octanol–water partition coefficient (Wildman–Crippen LogP) is 6.26. The van der Waals surface area contributed by atoms with Gasteiger partial charge < -0.3 is 76.5 Å². The summed E-state index contributed by atoms with van der Waals surface area (Å²) in [5, 5.41) is 22.9. The van der Waals surface area contributed by atoms with Crippen LogP contribution in [-0.2, 0) is 85.5 Å². The number of aliphatic hydroxyl groups excluding tert-OH is 1. The Morgan fingerprint density at radius 1 is 0.713 bits per heavy atom. The number of aliphatic hydroxyl groups is 2. The van der Waals surface area contributed by atoms with E-state index in [2.05, 4.69) is 0 Å². The quantitative estimate of drug-likeness (QED) is 0.0832. The number of hydrogen-bond donors (Lipinski definition) is 2.